The fourth-order valence-corrected chi connectivity index (χ4v) is 8.69. The number of sulfone groups is 1. The molecule has 0 radical (unpaired) electrons. The first-order chi connectivity index (χ1) is 18.1. The Balaban J connectivity index is 1.45. The van der Waals surface area contributed by atoms with Crippen LogP contribution in [-0.4, -0.2) is 68.0 Å². The summed E-state index contributed by atoms with van der Waals surface area (Å²) in [5.41, 5.74) is 1.73. The highest BCUT2D eigenvalue weighted by Gasteiger charge is 2.69. The number of hydrogen-bond acceptors (Lipinski definition) is 9. The molecule has 0 unspecified atom stereocenters. The Morgan fingerprint density at radius 1 is 1.08 bits per heavy atom. The van der Waals surface area contributed by atoms with Crippen molar-refractivity contribution in [1.29, 1.82) is 0 Å². The van der Waals surface area contributed by atoms with Gasteiger partial charge in [-0.25, -0.2) is 8.42 Å². The van der Waals surface area contributed by atoms with Crippen LogP contribution in [0.25, 0.3) is 5.57 Å². The molecule has 0 saturated carbocycles. The first-order valence-electron chi connectivity index (χ1n) is 12.9. The lowest BCUT2D eigenvalue weighted by Gasteiger charge is -2.40. The van der Waals surface area contributed by atoms with E-state index >= 15 is 0 Å². The van der Waals surface area contributed by atoms with Gasteiger partial charge in [-0.2, -0.15) is 0 Å². The molecule has 2 saturated heterocycles. The highest BCUT2D eigenvalue weighted by molar-refractivity contribution is 7.92. The largest absolute Gasteiger partial charge is 0.454 e. The minimum Gasteiger partial charge on any atom is -0.454 e. The minimum atomic E-state index is -3.65. The van der Waals surface area contributed by atoms with Gasteiger partial charge in [0.25, 0.3) is 0 Å². The van der Waals surface area contributed by atoms with Gasteiger partial charge in [0.2, 0.25) is 6.79 Å². The molecule has 7 rings (SSSR count). The van der Waals surface area contributed by atoms with Gasteiger partial charge >= 0.3 is 5.97 Å². The number of nitrogens with zero attached hydrogens (tertiary/aromatic N) is 1. The third-order valence-corrected chi connectivity index (χ3v) is 10.4. The van der Waals surface area contributed by atoms with E-state index in [1.165, 1.54) is 6.92 Å². The molecule has 1 spiro atoms. The smallest absolute Gasteiger partial charge is 0.307 e. The Labute approximate surface area is 221 Å². The third-order valence-electron chi connectivity index (χ3n) is 8.32. The molecular weight excluding hydrogens is 510 g/mol. The van der Waals surface area contributed by atoms with Crippen LogP contribution in [0.4, 0.5) is 0 Å². The van der Waals surface area contributed by atoms with Gasteiger partial charge in [-0.05, 0) is 62.1 Å². The summed E-state index contributed by atoms with van der Waals surface area (Å²) >= 11 is 0. The maximum atomic E-state index is 13.9. The van der Waals surface area contributed by atoms with Crippen LogP contribution in [0.2, 0.25) is 0 Å². The van der Waals surface area contributed by atoms with Gasteiger partial charge in [0.1, 0.15) is 18.0 Å². The fourth-order valence-electron chi connectivity index (χ4n) is 6.92. The lowest BCUT2D eigenvalue weighted by molar-refractivity contribution is -0.159. The second-order valence-electron chi connectivity index (χ2n) is 11.0. The van der Waals surface area contributed by atoms with E-state index in [1.807, 2.05) is 26.0 Å². The third kappa shape index (κ3) is 3.33. The topological polar surface area (TPSA) is 101 Å². The number of carbonyl (C=O) groups is 1. The van der Waals surface area contributed by atoms with Crippen molar-refractivity contribution in [2.45, 2.75) is 67.3 Å². The van der Waals surface area contributed by atoms with E-state index in [4.69, 9.17) is 23.7 Å². The zero-order valence-corrected chi connectivity index (χ0v) is 22.2. The normalized spacial score (nSPS) is 30.9. The number of fused-ring (bicyclic) bond motifs is 4. The fraction of sp³-hybridized carbons (Fsp3) is 0.464. The van der Waals surface area contributed by atoms with E-state index in [1.54, 1.807) is 30.3 Å². The van der Waals surface area contributed by atoms with Crippen molar-refractivity contribution in [1.82, 2.24) is 4.90 Å². The molecule has 10 heteroatoms. The van der Waals surface area contributed by atoms with Gasteiger partial charge in [0, 0.05) is 25.6 Å². The van der Waals surface area contributed by atoms with Crippen molar-refractivity contribution in [3.05, 3.63) is 59.4 Å². The quantitative estimate of drug-likeness (QED) is 0.545. The number of ether oxygens (including phenoxy) is 5. The summed E-state index contributed by atoms with van der Waals surface area (Å²) in [5, 5.41) is -0.680. The Bertz CT molecular complexity index is 1480. The molecule has 0 aromatic heterocycles. The molecule has 2 aromatic rings. The van der Waals surface area contributed by atoms with E-state index in [0.29, 0.717) is 41.7 Å². The molecule has 2 aromatic carbocycles. The summed E-state index contributed by atoms with van der Waals surface area (Å²) in [4.78, 5) is 14.9. The van der Waals surface area contributed by atoms with Crippen LogP contribution in [0.5, 0.6) is 11.5 Å². The summed E-state index contributed by atoms with van der Waals surface area (Å²) in [6, 6.07) is 12.5. The van der Waals surface area contributed by atoms with E-state index in [2.05, 4.69) is 4.90 Å². The van der Waals surface area contributed by atoms with Crippen LogP contribution in [0.3, 0.4) is 0 Å². The molecule has 4 heterocycles. The van der Waals surface area contributed by atoms with Crippen molar-refractivity contribution < 1.29 is 36.9 Å². The van der Waals surface area contributed by atoms with E-state index < -0.39 is 44.6 Å². The predicted molar refractivity (Wildman–Crippen MR) is 135 cm³/mol. The van der Waals surface area contributed by atoms with Crippen LogP contribution in [0.15, 0.2) is 53.1 Å². The van der Waals surface area contributed by atoms with Gasteiger partial charge in [0.05, 0.1) is 15.7 Å². The van der Waals surface area contributed by atoms with Crippen molar-refractivity contribution in [3.8, 4) is 11.5 Å². The molecule has 38 heavy (non-hydrogen) atoms. The molecule has 4 atom stereocenters. The highest BCUT2D eigenvalue weighted by atomic mass is 32.2. The number of esters is 1. The summed E-state index contributed by atoms with van der Waals surface area (Å²) in [5.74, 6) is 0.255. The number of rotatable bonds is 3. The molecule has 9 nitrogen and oxygen atoms in total. The number of benzene rings is 2. The van der Waals surface area contributed by atoms with Crippen LogP contribution in [-0.2, 0) is 35.3 Å². The predicted octanol–water partition coefficient (Wildman–Crippen LogP) is 3.07. The van der Waals surface area contributed by atoms with E-state index in [-0.39, 0.29) is 13.2 Å². The molecule has 2 fully saturated rings. The van der Waals surface area contributed by atoms with Crippen LogP contribution < -0.4 is 9.47 Å². The average molecular weight is 540 g/mol. The summed E-state index contributed by atoms with van der Waals surface area (Å²) < 4.78 is 57.9. The number of carbonyl (C=O) groups excluding carboxylic acids is 1. The first-order valence-corrected chi connectivity index (χ1v) is 14.4. The Hall–Kier alpha value is -2.92. The maximum Gasteiger partial charge on any atom is 0.307 e. The van der Waals surface area contributed by atoms with Crippen LogP contribution >= 0.6 is 0 Å². The SMILES string of the molecule is CC(=O)OC1=C2c3cc4c(cc3CCN3C[C@H](S(=O)(=O)c5ccccc5)C[C@]23[C@@H]2OC(C)(C)O[C@H]12)OCO4. The summed E-state index contributed by atoms with van der Waals surface area (Å²) in [7, 11) is -3.65. The van der Waals surface area contributed by atoms with E-state index in [0.717, 1.165) is 16.7 Å². The molecule has 200 valence electrons. The van der Waals surface area contributed by atoms with Crippen molar-refractivity contribution >= 4 is 21.4 Å². The molecule has 1 aliphatic carbocycles. The zero-order chi connectivity index (χ0) is 26.4. The number of hydrogen-bond donors (Lipinski definition) is 0. The van der Waals surface area contributed by atoms with Gasteiger partial charge in [-0.15, -0.1) is 0 Å². The van der Waals surface area contributed by atoms with Crippen LogP contribution in [0.1, 0.15) is 38.3 Å². The van der Waals surface area contributed by atoms with E-state index in [9.17, 15) is 13.2 Å². The summed E-state index contributed by atoms with van der Waals surface area (Å²) in [6.45, 7) is 6.06. The van der Waals surface area contributed by atoms with Crippen molar-refractivity contribution in [3.63, 3.8) is 0 Å². The average Bonchev–Trinajstić information content (AvgIpc) is 3.59. The van der Waals surface area contributed by atoms with Gasteiger partial charge in [-0.3, -0.25) is 9.69 Å². The minimum absolute atomic E-state index is 0.133. The lowest BCUT2D eigenvalue weighted by atomic mass is 9.81. The van der Waals surface area contributed by atoms with Crippen LogP contribution in [0, 0.1) is 0 Å². The Kier molecular flexibility index (Phi) is 5.11. The Morgan fingerprint density at radius 2 is 1.82 bits per heavy atom. The molecule has 0 N–H and O–H groups in total. The van der Waals surface area contributed by atoms with Gasteiger partial charge in [0.15, 0.2) is 27.1 Å². The Morgan fingerprint density at radius 3 is 2.55 bits per heavy atom. The standard InChI is InChI=1S/C28H29NO8S/c1-16(30)35-24-23-20-12-22-21(33-15-34-22)11-17(20)9-10-29-14-19(38(31,32)18-7-5-4-6-8-18)13-28(23,29)26-25(24)36-27(2,3)37-26/h4-8,11-12,19,25-26H,9-10,13-15H2,1-3H3/t19-,25-,26-,28-/m1/s1. The lowest BCUT2D eigenvalue weighted by Crippen LogP contribution is -2.53. The zero-order valence-electron chi connectivity index (χ0n) is 21.4. The van der Waals surface area contributed by atoms with Crippen molar-refractivity contribution in [2.75, 3.05) is 19.9 Å². The second kappa shape index (κ2) is 8.05. The summed E-state index contributed by atoms with van der Waals surface area (Å²) in [6.07, 6.45) is -0.293. The van der Waals surface area contributed by atoms with Crippen molar-refractivity contribution in [2.24, 2.45) is 0 Å². The highest BCUT2D eigenvalue weighted by Crippen LogP contribution is 2.60. The molecular formula is C28H29NO8S. The molecule has 0 bridgehead atoms. The van der Waals surface area contributed by atoms with Gasteiger partial charge in [-0.1, -0.05) is 18.2 Å². The maximum absolute atomic E-state index is 13.9. The first kappa shape index (κ1) is 24.1. The monoisotopic (exact) mass is 539 g/mol. The molecule has 0 amide bonds. The molecule has 4 aliphatic heterocycles. The second-order valence-corrected chi connectivity index (χ2v) is 13.2. The van der Waals surface area contributed by atoms with Gasteiger partial charge < -0.3 is 23.7 Å². The molecule has 5 aliphatic rings.